The fraction of sp³-hybridized carbons (Fsp3) is 0.533. The van der Waals surface area contributed by atoms with Crippen LogP contribution < -0.4 is 5.32 Å². The Bertz CT molecular complexity index is 441. The van der Waals surface area contributed by atoms with Crippen LogP contribution in [0.4, 0.5) is 0 Å². The van der Waals surface area contributed by atoms with E-state index in [4.69, 9.17) is 9.47 Å². The Balaban J connectivity index is 1.76. The Hall–Kier alpha value is -1.39. The molecule has 1 heterocycles. The van der Waals surface area contributed by atoms with Crippen molar-refractivity contribution in [2.75, 3.05) is 33.4 Å². The highest BCUT2D eigenvalue weighted by molar-refractivity contribution is 5.78. The number of aryl methyl sites for hydroxylation is 1. The smallest absolute Gasteiger partial charge is 0.317 e. The Kier molecular flexibility index (Phi) is 4.56. The molecule has 1 aromatic carbocycles. The van der Waals surface area contributed by atoms with Crippen molar-refractivity contribution in [3.8, 4) is 0 Å². The first-order valence-electron chi connectivity index (χ1n) is 6.59. The predicted octanol–water partition coefficient (Wildman–Crippen LogP) is 1.32. The number of carbonyl (C=O) groups is 1. The number of carbonyl (C=O) groups excluding carboxylic acids is 1. The van der Waals surface area contributed by atoms with Crippen LogP contribution in [0.15, 0.2) is 24.3 Å². The van der Waals surface area contributed by atoms with Gasteiger partial charge in [-0.05, 0) is 25.5 Å². The maximum Gasteiger partial charge on any atom is 0.317 e. The minimum Gasteiger partial charge on any atom is -0.468 e. The van der Waals surface area contributed by atoms with Crippen LogP contribution in [0.2, 0.25) is 0 Å². The van der Waals surface area contributed by atoms with Gasteiger partial charge in [0, 0.05) is 6.54 Å². The Morgan fingerprint density at radius 1 is 1.47 bits per heavy atom. The number of hydrogen-bond donors (Lipinski definition) is 1. The Morgan fingerprint density at radius 3 is 2.84 bits per heavy atom. The third kappa shape index (κ3) is 3.33. The lowest BCUT2D eigenvalue weighted by Crippen LogP contribution is -2.55. The molecule has 104 valence electrons. The molecule has 1 aromatic rings. The fourth-order valence-corrected chi connectivity index (χ4v) is 2.29. The van der Waals surface area contributed by atoms with Crippen LogP contribution in [0.25, 0.3) is 0 Å². The van der Waals surface area contributed by atoms with Crippen molar-refractivity contribution in [1.82, 2.24) is 5.32 Å². The lowest BCUT2D eigenvalue weighted by atomic mass is 9.86. The van der Waals surface area contributed by atoms with Crippen LogP contribution in [-0.4, -0.2) is 39.4 Å². The molecule has 0 saturated carbocycles. The standard InChI is InChI=1S/C15H21NO3/c1-12-4-3-5-13(8-12)6-7-16-9-15(10-19-11-15)14(17)18-2/h3-5,8,16H,6-7,9-11H2,1-2H3. The van der Waals surface area contributed by atoms with Gasteiger partial charge in [-0.15, -0.1) is 0 Å². The third-order valence-corrected chi connectivity index (χ3v) is 3.51. The van der Waals surface area contributed by atoms with Gasteiger partial charge in [0.25, 0.3) is 0 Å². The maximum absolute atomic E-state index is 11.7. The molecule has 1 aliphatic rings. The third-order valence-electron chi connectivity index (χ3n) is 3.51. The minimum atomic E-state index is -0.471. The summed E-state index contributed by atoms with van der Waals surface area (Å²) in [5.74, 6) is -0.179. The van der Waals surface area contributed by atoms with E-state index in [1.165, 1.54) is 18.2 Å². The van der Waals surface area contributed by atoms with Gasteiger partial charge in [0.2, 0.25) is 0 Å². The molecule has 19 heavy (non-hydrogen) atoms. The molecule has 0 aliphatic carbocycles. The van der Waals surface area contributed by atoms with Gasteiger partial charge < -0.3 is 14.8 Å². The molecule has 0 aromatic heterocycles. The molecule has 0 radical (unpaired) electrons. The van der Waals surface area contributed by atoms with Crippen LogP contribution in [-0.2, 0) is 20.7 Å². The van der Waals surface area contributed by atoms with Crippen molar-refractivity contribution < 1.29 is 14.3 Å². The highest BCUT2D eigenvalue weighted by Gasteiger charge is 2.46. The summed E-state index contributed by atoms with van der Waals surface area (Å²) in [6.45, 7) is 4.47. The van der Waals surface area contributed by atoms with Crippen LogP contribution in [0.1, 0.15) is 11.1 Å². The van der Waals surface area contributed by atoms with E-state index >= 15 is 0 Å². The molecular formula is C15H21NO3. The quantitative estimate of drug-likeness (QED) is 0.621. The molecule has 1 saturated heterocycles. The van der Waals surface area contributed by atoms with Gasteiger partial charge in [0.15, 0.2) is 0 Å². The topological polar surface area (TPSA) is 47.6 Å². The maximum atomic E-state index is 11.7. The van der Waals surface area contributed by atoms with Gasteiger partial charge in [0.05, 0.1) is 20.3 Å². The summed E-state index contributed by atoms with van der Waals surface area (Å²) < 4.78 is 9.98. The second-order valence-corrected chi connectivity index (χ2v) is 5.18. The van der Waals surface area contributed by atoms with Gasteiger partial charge in [-0.25, -0.2) is 0 Å². The second-order valence-electron chi connectivity index (χ2n) is 5.18. The fourth-order valence-electron chi connectivity index (χ4n) is 2.29. The molecule has 4 heteroatoms. The molecule has 1 aliphatic heterocycles. The highest BCUT2D eigenvalue weighted by Crippen LogP contribution is 2.28. The zero-order valence-corrected chi connectivity index (χ0v) is 11.6. The minimum absolute atomic E-state index is 0.179. The van der Waals surface area contributed by atoms with E-state index < -0.39 is 5.41 Å². The molecule has 0 spiro atoms. The predicted molar refractivity (Wildman–Crippen MR) is 73.0 cm³/mol. The molecule has 0 bridgehead atoms. The molecule has 0 atom stereocenters. The number of benzene rings is 1. The molecule has 4 nitrogen and oxygen atoms in total. The van der Waals surface area contributed by atoms with Crippen LogP contribution >= 0.6 is 0 Å². The lowest BCUT2D eigenvalue weighted by molar-refractivity contribution is -0.182. The van der Waals surface area contributed by atoms with Crippen LogP contribution in [0, 0.1) is 12.3 Å². The number of nitrogens with one attached hydrogen (secondary N) is 1. The van der Waals surface area contributed by atoms with Crippen molar-refractivity contribution in [3.05, 3.63) is 35.4 Å². The van der Waals surface area contributed by atoms with Gasteiger partial charge in [0.1, 0.15) is 5.41 Å². The zero-order valence-electron chi connectivity index (χ0n) is 11.6. The Morgan fingerprint density at radius 2 is 2.26 bits per heavy atom. The summed E-state index contributed by atoms with van der Waals surface area (Å²) in [6.07, 6.45) is 0.958. The van der Waals surface area contributed by atoms with Crippen molar-refractivity contribution in [2.45, 2.75) is 13.3 Å². The van der Waals surface area contributed by atoms with E-state index in [0.717, 1.165) is 13.0 Å². The normalized spacial score (nSPS) is 16.7. The SMILES string of the molecule is COC(=O)C1(CNCCc2cccc(C)c2)COC1. The van der Waals surface area contributed by atoms with Gasteiger partial charge in [-0.2, -0.15) is 0 Å². The first kappa shape index (κ1) is 14.0. The number of rotatable bonds is 6. The van der Waals surface area contributed by atoms with Crippen LogP contribution in [0.3, 0.4) is 0 Å². The molecule has 1 fully saturated rings. The van der Waals surface area contributed by atoms with E-state index in [2.05, 4.69) is 36.5 Å². The van der Waals surface area contributed by atoms with E-state index in [9.17, 15) is 4.79 Å². The first-order chi connectivity index (χ1) is 9.16. The van der Waals surface area contributed by atoms with E-state index in [1.54, 1.807) is 0 Å². The van der Waals surface area contributed by atoms with E-state index in [0.29, 0.717) is 19.8 Å². The Labute approximate surface area is 114 Å². The lowest BCUT2D eigenvalue weighted by Gasteiger charge is -2.38. The number of esters is 1. The largest absolute Gasteiger partial charge is 0.468 e. The van der Waals surface area contributed by atoms with Crippen molar-refractivity contribution >= 4 is 5.97 Å². The molecular weight excluding hydrogens is 242 g/mol. The van der Waals surface area contributed by atoms with Gasteiger partial charge in [-0.1, -0.05) is 29.8 Å². The van der Waals surface area contributed by atoms with Crippen LogP contribution in [0.5, 0.6) is 0 Å². The average Bonchev–Trinajstić information content (AvgIpc) is 2.36. The van der Waals surface area contributed by atoms with Gasteiger partial charge in [-0.3, -0.25) is 4.79 Å². The summed E-state index contributed by atoms with van der Waals surface area (Å²) in [4.78, 5) is 11.7. The highest BCUT2D eigenvalue weighted by atomic mass is 16.5. The monoisotopic (exact) mass is 263 g/mol. The number of ether oxygens (including phenoxy) is 2. The molecule has 0 amide bonds. The zero-order chi connectivity index (χ0) is 13.7. The number of hydrogen-bond acceptors (Lipinski definition) is 4. The molecule has 2 rings (SSSR count). The van der Waals surface area contributed by atoms with E-state index in [-0.39, 0.29) is 5.97 Å². The van der Waals surface area contributed by atoms with Crippen molar-refractivity contribution in [2.24, 2.45) is 5.41 Å². The van der Waals surface area contributed by atoms with E-state index in [1.807, 2.05) is 0 Å². The number of methoxy groups -OCH3 is 1. The summed E-state index contributed by atoms with van der Waals surface area (Å²) in [6, 6.07) is 8.47. The summed E-state index contributed by atoms with van der Waals surface area (Å²) >= 11 is 0. The molecule has 1 N–H and O–H groups in total. The van der Waals surface area contributed by atoms with Crippen molar-refractivity contribution in [1.29, 1.82) is 0 Å². The second kappa shape index (κ2) is 6.17. The average molecular weight is 263 g/mol. The molecule has 0 unspecified atom stereocenters. The van der Waals surface area contributed by atoms with Gasteiger partial charge >= 0.3 is 5.97 Å². The summed E-state index contributed by atoms with van der Waals surface area (Å²) in [5.41, 5.74) is 2.11. The summed E-state index contributed by atoms with van der Waals surface area (Å²) in [5, 5.41) is 3.33. The summed E-state index contributed by atoms with van der Waals surface area (Å²) in [7, 11) is 1.43. The first-order valence-corrected chi connectivity index (χ1v) is 6.59. The van der Waals surface area contributed by atoms with Crippen molar-refractivity contribution in [3.63, 3.8) is 0 Å².